The molecule has 5 nitrogen and oxygen atoms in total. The molecule has 112 valence electrons. The SMILES string of the molecule is COCC1(C(=O)Nc2ccc(O)cc2)CCNCC1.Cl. The van der Waals surface area contributed by atoms with Gasteiger partial charge >= 0.3 is 0 Å². The molecule has 1 aromatic carbocycles. The summed E-state index contributed by atoms with van der Waals surface area (Å²) < 4.78 is 5.23. The predicted octanol–water partition coefficient (Wildman–Crippen LogP) is 1.77. The van der Waals surface area contributed by atoms with Gasteiger partial charge in [0.05, 0.1) is 12.0 Å². The van der Waals surface area contributed by atoms with Crippen LogP contribution in [0.3, 0.4) is 0 Å². The van der Waals surface area contributed by atoms with Gasteiger partial charge in [0.15, 0.2) is 0 Å². The van der Waals surface area contributed by atoms with Crippen molar-refractivity contribution in [1.82, 2.24) is 5.32 Å². The zero-order valence-electron chi connectivity index (χ0n) is 11.5. The Morgan fingerprint density at radius 3 is 2.50 bits per heavy atom. The lowest BCUT2D eigenvalue weighted by molar-refractivity contribution is -0.130. The molecular weight excluding hydrogens is 280 g/mol. The van der Waals surface area contributed by atoms with Crippen molar-refractivity contribution in [3.05, 3.63) is 24.3 Å². The summed E-state index contributed by atoms with van der Waals surface area (Å²) in [6.45, 7) is 2.08. The van der Waals surface area contributed by atoms with Crippen molar-refractivity contribution in [2.45, 2.75) is 12.8 Å². The number of benzene rings is 1. The Kier molecular flexibility index (Phi) is 6.26. The molecule has 0 unspecified atom stereocenters. The fourth-order valence-electron chi connectivity index (χ4n) is 2.43. The summed E-state index contributed by atoms with van der Waals surface area (Å²) in [5.74, 6) is 0.174. The van der Waals surface area contributed by atoms with Crippen LogP contribution in [0.2, 0.25) is 0 Å². The summed E-state index contributed by atoms with van der Waals surface area (Å²) in [4.78, 5) is 12.5. The first-order chi connectivity index (χ1) is 9.16. The maximum atomic E-state index is 12.5. The van der Waals surface area contributed by atoms with Crippen LogP contribution in [0, 0.1) is 5.41 Å². The number of nitrogens with one attached hydrogen (secondary N) is 2. The molecule has 0 aliphatic carbocycles. The number of hydrogen-bond donors (Lipinski definition) is 3. The molecule has 0 radical (unpaired) electrons. The topological polar surface area (TPSA) is 70.6 Å². The molecule has 3 N–H and O–H groups in total. The number of rotatable bonds is 4. The van der Waals surface area contributed by atoms with Crippen molar-refractivity contribution in [2.24, 2.45) is 5.41 Å². The Labute approximate surface area is 125 Å². The highest BCUT2D eigenvalue weighted by molar-refractivity contribution is 5.95. The van der Waals surface area contributed by atoms with Gasteiger partial charge in [0, 0.05) is 12.8 Å². The molecule has 0 atom stereocenters. The molecule has 1 aromatic rings. The van der Waals surface area contributed by atoms with Gasteiger partial charge in [-0.2, -0.15) is 0 Å². The third-order valence-corrected chi connectivity index (χ3v) is 3.59. The molecule has 1 aliphatic heterocycles. The number of halogens is 1. The summed E-state index contributed by atoms with van der Waals surface area (Å²) in [6, 6.07) is 6.49. The lowest BCUT2D eigenvalue weighted by Gasteiger charge is -2.35. The normalized spacial score (nSPS) is 17.1. The van der Waals surface area contributed by atoms with E-state index >= 15 is 0 Å². The first-order valence-corrected chi connectivity index (χ1v) is 6.46. The summed E-state index contributed by atoms with van der Waals surface area (Å²) in [5.41, 5.74) is 0.231. The van der Waals surface area contributed by atoms with Gasteiger partial charge in [-0.05, 0) is 50.2 Å². The van der Waals surface area contributed by atoms with Crippen LogP contribution in [0.25, 0.3) is 0 Å². The van der Waals surface area contributed by atoms with Crippen LogP contribution in [0.4, 0.5) is 5.69 Å². The Bertz CT molecular complexity index is 425. The van der Waals surface area contributed by atoms with Crippen molar-refractivity contribution in [1.29, 1.82) is 0 Å². The van der Waals surface area contributed by atoms with Crippen molar-refractivity contribution in [3.63, 3.8) is 0 Å². The van der Waals surface area contributed by atoms with Gasteiger partial charge in [-0.15, -0.1) is 12.4 Å². The standard InChI is InChI=1S/C14H20N2O3.ClH/c1-19-10-14(6-8-15-9-7-14)13(18)16-11-2-4-12(17)5-3-11;/h2-5,15,17H,6-10H2,1H3,(H,16,18);1H. The number of piperidine rings is 1. The maximum absolute atomic E-state index is 12.5. The van der Waals surface area contributed by atoms with Crippen molar-refractivity contribution in [2.75, 3.05) is 32.1 Å². The number of phenols is 1. The molecule has 20 heavy (non-hydrogen) atoms. The van der Waals surface area contributed by atoms with E-state index in [1.165, 1.54) is 0 Å². The molecule has 1 saturated heterocycles. The fourth-order valence-corrected chi connectivity index (χ4v) is 2.43. The van der Waals surface area contributed by atoms with Crippen LogP contribution >= 0.6 is 12.4 Å². The second kappa shape index (κ2) is 7.47. The second-order valence-corrected chi connectivity index (χ2v) is 4.96. The highest BCUT2D eigenvalue weighted by Gasteiger charge is 2.39. The molecule has 0 saturated carbocycles. The monoisotopic (exact) mass is 300 g/mol. The summed E-state index contributed by atoms with van der Waals surface area (Å²) in [7, 11) is 1.62. The van der Waals surface area contributed by atoms with E-state index in [4.69, 9.17) is 4.74 Å². The van der Waals surface area contributed by atoms with E-state index in [0.717, 1.165) is 25.9 Å². The third-order valence-electron chi connectivity index (χ3n) is 3.59. The van der Waals surface area contributed by atoms with Crippen LogP contribution in [-0.2, 0) is 9.53 Å². The summed E-state index contributed by atoms with van der Waals surface area (Å²) >= 11 is 0. The van der Waals surface area contributed by atoms with Crippen molar-refractivity contribution >= 4 is 24.0 Å². The Balaban J connectivity index is 0.00000200. The zero-order chi connectivity index (χ0) is 13.7. The number of phenolic OH excluding ortho intramolecular Hbond substituents is 1. The van der Waals surface area contributed by atoms with E-state index in [0.29, 0.717) is 12.3 Å². The molecular formula is C14H21ClN2O3. The zero-order valence-corrected chi connectivity index (χ0v) is 12.3. The minimum absolute atomic E-state index is 0. The van der Waals surface area contributed by atoms with E-state index in [1.54, 1.807) is 31.4 Å². The first-order valence-electron chi connectivity index (χ1n) is 6.46. The van der Waals surface area contributed by atoms with E-state index in [9.17, 15) is 9.90 Å². The minimum atomic E-state index is -0.460. The number of carbonyl (C=O) groups is 1. The molecule has 0 spiro atoms. The van der Waals surface area contributed by atoms with Gasteiger partial charge in [-0.3, -0.25) is 4.79 Å². The smallest absolute Gasteiger partial charge is 0.233 e. The van der Waals surface area contributed by atoms with Gasteiger partial charge in [0.1, 0.15) is 5.75 Å². The average Bonchev–Trinajstić information content (AvgIpc) is 2.43. The number of hydrogen-bond acceptors (Lipinski definition) is 4. The Morgan fingerprint density at radius 2 is 1.95 bits per heavy atom. The summed E-state index contributed by atoms with van der Waals surface area (Å²) in [5, 5.41) is 15.4. The van der Waals surface area contributed by atoms with Crippen molar-refractivity contribution < 1.29 is 14.6 Å². The van der Waals surface area contributed by atoms with Crippen molar-refractivity contribution in [3.8, 4) is 5.75 Å². The van der Waals surface area contributed by atoms with Gasteiger partial charge in [-0.1, -0.05) is 0 Å². The lowest BCUT2D eigenvalue weighted by atomic mass is 9.78. The van der Waals surface area contributed by atoms with E-state index in [1.807, 2.05) is 0 Å². The highest BCUT2D eigenvalue weighted by atomic mass is 35.5. The van der Waals surface area contributed by atoms with E-state index < -0.39 is 5.41 Å². The van der Waals surface area contributed by atoms with Crippen LogP contribution in [0.5, 0.6) is 5.75 Å². The molecule has 6 heteroatoms. The molecule has 1 amide bonds. The molecule has 1 heterocycles. The largest absolute Gasteiger partial charge is 0.508 e. The highest BCUT2D eigenvalue weighted by Crippen LogP contribution is 2.31. The van der Waals surface area contributed by atoms with Gasteiger partial charge < -0.3 is 20.5 Å². The van der Waals surface area contributed by atoms with Crippen LogP contribution in [-0.4, -0.2) is 37.8 Å². The molecule has 2 rings (SSSR count). The molecule has 0 bridgehead atoms. The lowest BCUT2D eigenvalue weighted by Crippen LogP contribution is -2.47. The number of anilines is 1. The van der Waals surface area contributed by atoms with Crippen LogP contribution < -0.4 is 10.6 Å². The van der Waals surface area contributed by atoms with Gasteiger partial charge in [-0.25, -0.2) is 0 Å². The molecule has 0 aromatic heterocycles. The van der Waals surface area contributed by atoms with E-state index in [-0.39, 0.29) is 24.1 Å². The first kappa shape index (κ1) is 16.8. The third kappa shape index (κ3) is 3.85. The molecule has 1 fully saturated rings. The number of methoxy groups -OCH3 is 1. The van der Waals surface area contributed by atoms with Crippen LogP contribution in [0.1, 0.15) is 12.8 Å². The molecule has 1 aliphatic rings. The minimum Gasteiger partial charge on any atom is -0.508 e. The number of ether oxygens (including phenoxy) is 1. The Morgan fingerprint density at radius 1 is 1.35 bits per heavy atom. The second-order valence-electron chi connectivity index (χ2n) is 4.96. The maximum Gasteiger partial charge on any atom is 0.233 e. The van der Waals surface area contributed by atoms with E-state index in [2.05, 4.69) is 10.6 Å². The fraction of sp³-hybridized carbons (Fsp3) is 0.500. The van der Waals surface area contributed by atoms with Gasteiger partial charge in [0.2, 0.25) is 5.91 Å². The van der Waals surface area contributed by atoms with Gasteiger partial charge in [0.25, 0.3) is 0 Å². The van der Waals surface area contributed by atoms with Crippen LogP contribution in [0.15, 0.2) is 24.3 Å². The number of carbonyl (C=O) groups excluding carboxylic acids is 1. The number of amides is 1. The Hall–Kier alpha value is -1.30. The predicted molar refractivity (Wildman–Crippen MR) is 80.4 cm³/mol. The quantitative estimate of drug-likeness (QED) is 0.741. The average molecular weight is 301 g/mol. The number of aromatic hydroxyl groups is 1. The summed E-state index contributed by atoms with van der Waals surface area (Å²) in [6.07, 6.45) is 1.54.